The van der Waals surface area contributed by atoms with E-state index < -0.39 is 16.6 Å². The van der Waals surface area contributed by atoms with Crippen LogP contribution < -0.4 is 5.32 Å². The lowest BCUT2D eigenvalue weighted by Crippen LogP contribution is -2.13. The number of anilines is 1. The minimum atomic E-state index is -0.691. The summed E-state index contributed by atoms with van der Waals surface area (Å²) in [6.45, 7) is 0. The van der Waals surface area contributed by atoms with Gasteiger partial charge in [-0.2, -0.15) is 0 Å². The molecule has 1 aromatic heterocycles. The summed E-state index contributed by atoms with van der Waals surface area (Å²) in [6.07, 6.45) is 1.54. The number of rotatable bonds is 3. The quantitative estimate of drug-likeness (QED) is 0.646. The first-order valence-electron chi connectivity index (χ1n) is 4.96. The number of amides is 1. The van der Waals surface area contributed by atoms with Crippen molar-refractivity contribution in [2.24, 2.45) is 0 Å². The lowest BCUT2D eigenvalue weighted by Gasteiger charge is -2.04. The van der Waals surface area contributed by atoms with Gasteiger partial charge in [-0.05, 0) is 18.2 Å². The van der Waals surface area contributed by atoms with Crippen LogP contribution in [0.2, 0.25) is 0 Å². The third-order valence-electron chi connectivity index (χ3n) is 2.25. The highest BCUT2D eigenvalue weighted by Crippen LogP contribution is 2.25. The number of hydrogen-bond acceptors (Lipinski definition) is 3. The predicted molar refractivity (Wildman–Crippen MR) is 61.8 cm³/mol. The van der Waals surface area contributed by atoms with Gasteiger partial charge in [-0.3, -0.25) is 14.9 Å². The monoisotopic (exact) mass is 249 g/mol. The Hall–Kier alpha value is -2.70. The van der Waals surface area contributed by atoms with Crippen molar-refractivity contribution in [3.8, 4) is 0 Å². The minimum absolute atomic E-state index is 0.181. The van der Waals surface area contributed by atoms with Crippen LogP contribution in [0.25, 0.3) is 0 Å². The standard InChI is InChI=1S/C11H8FN3O3/c12-7-3-4-10(15(17)18)9(6-7)14-11(16)8-2-1-5-13-8/h1-6,13H,(H,14,16). The summed E-state index contributed by atoms with van der Waals surface area (Å²) in [5.41, 5.74) is -0.315. The average Bonchev–Trinajstić information content (AvgIpc) is 2.81. The van der Waals surface area contributed by atoms with Crippen LogP contribution in [0.1, 0.15) is 10.5 Å². The van der Waals surface area contributed by atoms with Gasteiger partial charge < -0.3 is 10.3 Å². The smallest absolute Gasteiger partial charge is 0.292 e. The van der Waals surface area contributed by atoms with Gasteiger partial charge >= 0.3 is 0 Å². The molecule has 92 valence electrons. The Labute approximate surface area is 101 Å². The Morgan fingerprint density at radius 2 is 2.17 bits per heavy atom. The van der Waals surface area contributed by atoms with E-state index in [-0.39, 0.29) is 17.1 Å². The summed E-state index contributed by atoms with van der Waals surface area (Å²) in [4.78, 5) is 24.4. The Morgan fingerprint density at radius 3 is 2.78 bits per heavy atom. The molecule has 6 nitrogen and oxygen atoms in total. The number of halogens is 1. The van der Waals surface area contributed by atoms with E-state index in [2.05, 4.69) is 10.3 Å². The number of nitrogens with one attached hydrogen (secondary N) is 2. The van der Waals surface area contributed by atoms with Crippen molar-refractivity contribution in [1.82, 2.24) is 4.98 Å². The van der Waals surface area contributed by atoms with Crippen LogP contribution in [-0.2, 0) is 0 Å². The van der Waals surface area contributed by atoms with Gasteiger partial charge in [0.25, 0.3) is 11.6 Å². The number of carbonyl (C=O) groups excluding carboxylic acids is 1. The van der Waals surface area contributed by atoms with E-state index in [0.717, 1.165) is 18.2 Å². The lowest BCUT2D eigenvalue weighted by atomic mass is 10.2. The first kappa shape index (κ1) is 11.8. The van der Waals surface area contributed by atoms with Crippen molar-refractivity contribution < 1.29 is 14.1 Å². The molecule has 0 aliphatic carbocycles. The number of nitro groups is 1. The largest absolute Gasteiger partial charge is 0.357 e. The predicted octanol–water partition coefficient (Wildman–Crippen LogP) is 2.31. The molecule has 2 aromatic rings. The Kier molecular flexibility index (Phi) is 3.05. The Balaban J connectivity index is 2.31. The maximum absolute atomic E-state index is 13.0. The number of aromatic nitrogens is 1. The molecule has 1 aromatic carbocycles. The van der Waals surface area contributed by atoms with Crippen LogP contribution in [0, 0.1) is 15.9 Å². The van der Waals surface area contributed by atoms with E-state index in [0.29, 0.717) is 0 Å². The summed E-state index contributed by atoms with van der Waals surface area (Å²) in [5, 5.41) is 13.0. The number of benzene rings is 1. The molecule has 0 atom stereocenters. The highest BCUT2D eigenvalue weighted by Gasteiger charge is 2.17. The lowest BCUT2D eigenvalue weighted by molar-refractivity contribution is -0.384. The van der Waals surface area contributed by atoms with E-state index >= 15 is 0 Å². The van der Waals surface area contributed by atoms with Crippen LogP contribution in [0.4, 0.5) is 15.8 Å². The molecule has 1 amide bonds. The third-order valence-corrected chi connectivity index (χ3v) is 2.25. The summed E-state index contributed by atoms with van der Waals surface area (Å²) >= 11 is 0. The molecule has 0 unspecified atom stereocenters. The molecule has 0 fully saturated rings. The van der Waals surface area contributed by atoms with Crippen LogP contribution in [-0.4, -0.2) is 15.8 Å². The highest BCUT2D eigenvalue weighted by molar-refractivity contribution is 6.04. The number of carbonyl (C=O) groups is 1. The first-order chi connectivity index (χ1) is 8.58. The van der Waals surface area contributed by atoms with Crippen molar-refractivity contribution in [2.75, 3.05) is 5.32 Å². The van der Waals surface area contributed by atoms with E-state index in [1.165, 1.54) is 12.3 Å². The van der Waals surface area contributed by atoms with Gasteiger partial charge in [-0.15, -0.1) is 0 Å². The summed E-state index contributed by atoms with van der Waals surface area (Å²) in [5.74, 6) is -1.24. The fourth-order valence-electron chi connectivity index (χ4n) is 1.43. The van der Waals surface area contributed by atoms with Gasteiger partial charge in [-0.25, -0.2) is 4.39 Å². The zero-order valence-corrected chi connectivity index (χ0v) is 9.01. The van der Waals surface area contributed by atoms with E-state index in [1.807, 2.05) is 0 Å². The number of nitrogens with zero attached hydrogens (tertiary/aromatic N) is 1. The SMILES string of the molecule is O=C(Nc1cc(F)ccc1[N+](=O)[O-])c1ccc[nH]1. The second-order valence-electron chi connectivity index (χ2n) is 3.46. The van der Waals surface area contributed by atoms with Crippen molar-refractivity contribution in [2.45, 2.75) is 0 Å². The van der Waals surface area contributed by atoms with Gasteiger partial charge in [-0.1, -0.05) is 0 Å². The number of hydrogen-bond donors (Lipinski definition) is 2. The molecule has 18 heavy (non-hydrogen) atoms. The Morgan fingerprint density at radius 1 is 1.39 bits per heavy atom. The summed E-state index contributed by atoms with van der Waals surface area (Å²) in [6, 6.07) is 5.97. The maximum atomic E-state index is 13.0. The number of nitro benzene ring substituents is 1. The summed E-state index contributed by atoms with van der Waals surface area (Å²) in [7, 11) is 0. The molecule has 7 heteroatoms. The van der Waals surface area contributed by atoms with Crippen LogP contribution >= 0.6 is 0 Å². The fraction of sp³-hybridized carbons (Fsp3) is 0. The van der Waals surface area contributed by atoms with E-state index in [4.69, 9.17) is 0 Å². The fourth-order valence-corrected chi connectivity index (χ4v) is 1.43. The molecule has 0 radical (unpaired) electrons. The van der Waals surface area contributed by atoms with Gasteiger partial charge in [0.05, 0.1) is 4.92 Å². The van der Waals surface area contributed by atoms with Crippen molar-refractivity contribution in [3.05, 3.63) is 58.2 Å². The van der Waals surface area contributed by atoms with Gasteiger partial charge in [0.1, 0.15) is 17.2 Å². The minimum Gasteiger partial charge on any atom is -0.357 e. The van der Waals surface area contributed by atoms with Crippen LogP contribution in [0.3, 0.4) is 0 Å². The zero-order chi connectivity index (χ0) is 13.1. The van der Waals surface area contributed by atoms with E-state index in [9.17, 15) is 19.3 Å². The molecule has 0 aliphatic rings. The highest BCUT2D eigenvalue weighted by atomic mass is 19.1. The normalized spacial score (nSPS) is 10.1. The molecule has 0 saturated heterocycles. The van der Waals surface area contributed by atoms with Crippen LogP contribution in [0.5, 0.6) is 0 Å². The zero-order valence-electron chi connectivity index (χ0n) is 9.01. The van der Waals surface area contributed by atoms with Gasteiger partial charge in [0.15, 0.2) is 0 Å². The molecular formula is C11H8FN3O3. The van der Waals surface area contributed by atoms with Crippen molar-refractivity contribution >= 4 is 17.3 Å². The topological polar surface area (TPSA) is 88.0 Å². The maximum Gasteiger partial charge on any atom is 0.292 e. The first-order valence-corrected chi connectivity index (χ1v) is 4.96. The van der Waals surface area contributed by atoms with E-state index in [1.54, 1.807) is 6.07 Å². The molecule has 1 heterocycles. The van der Waals surface area contributed by atoms with Gasteiger partial charge in [0, 0.05) is 18.3 Å². The molecule has 0 aliphatic heterocycles. The van der Waals surface area contributed by atoms with Crippen molar-refractivity contribution in [3.63, 3.8) is 0 Å². The Bertz CT molecular complexity index is 596. The van der Waals surface area contributed by atoms with Crippen LogP contribution in [0.15, 0.2) is 36.5 Å². The van der Waals surface area contributed by atoms with Crippen molar-refractivity contribution in [1.29, 1.82) is 0 Å². The molecule has 2 rings (SSSR count). The average molecular weight is 249 g/mol. The second kappa shape index (κ2) is 4.66. The second-order valence-corrected chi connectivity index (χ2v) is 3.46. The third kappa shape index (κ3) is 2.34. The number of aromatic amines is 1. The van der Waals surface area contributed by atoms with Gasteiger partial charge in [0.2, 0.25) is 0 Å². The molecule has 0 bridgehead atoms. The summed E-state index contributed by atoms with van der Waals surface area (Å²) < 4.78 is 13.0. The molecule has 0 saturated carbocycles. The number of H-pyrrole nitrogens is 1. The molecule has 0 spiro atoms. The molecule has 2 N–H and O–H groups in total. The molecular weight excluding hydrogens is 241 g/mol.